The van der Waals surface area contributed by atoms with Gasteiger partial charge in [0, 0.05) is 11.1 Å². The molecule has 1 aromatic rings. The molecule has 80 valence electrons. The second-order valence-corrected chi connectivity index (χ2v) is 3.92. The monoisotopic (exact) mass is 204 g/mol. The summed E-state index contributed by atoms with van der Waals surface area (Å²) in [6.45, 7) is 5.81. The van der Waals surface area contributed by atoms with Crippen molar-refractivity contribution in [3.05, 3.63) is 47.2 Å². The average molecular weight is 204 g/mol. The van der Waals surface area contributed by atoms with Crippen LogP contribution < -0.4 is 0 Å². The Kier molecular flexibility index (Phi) is 3.67. The second-order valence-electron chi connectivity index (χ2n) is 3.92. The zero-order valence-corrected chi connectivity index (χ0v) is 9.32. The number of carbonyl (C=O) groups is 1. The Morgan fingerprint density at radius 2 is 1.80 bits per heavy atom. The highest BCUT2D eigenvalue weighted by molar-refractivity contribution is 6.08. The van der Waals surface area contributed by atoms with E-state index in [-0.39, 0.29) is 5.78 Å². The summed E-state index contributed by atoms with van der Waals surface area (Å²) in [6.07, 6.45) is 0.846. The van der Waals surface area contributed by atoms with Gasteiger partial charge in [-0.25, -0.2) is 0 Å². The number of benzene rings is 1. The minimum Gasteiger partial charge on any atom is -0.515 e. The molecular weight excluding hydrogens is 188 g/mol. The summed E-state index contributed by atoms with van der Waals surface area (Å²) in [5.74, 6) is 0.330. The Hall–Kier alpha value is -1.57. The zero-order chi connectivity index (χ0) is 11.4. The third-order valence-electron chi connectivity index (χ3n) is 2.39. The van der Waals surface area contributed by atoms with Crippen LogP contribution in [0.25, 0.3) is 0 Å². The van der Waals surface area contributed by atoms with E-state index in [0.29, 0.717) is 17.1 Å². The molecular formula is C13H16O2. The number of rotatable bonds is 3. The fourth-order valence-electron chi connectivity index (χ4n) is 1.31. The van der Waals surface area contributed by atoms with Crippen molar-refractivity contribution in [3.8, 4) is 0 Å². The molecule has 0 bridgehead atoms. The molecule has 0 amide bonds. The van der Waals surface area contributed by atoms with Crippen LogP contribution in [0.3, 0.4) is 0 Å². The van der Waals surface area contributed by atoms with Gasteiger partial charge in [0.25, 0.3) is 0 Å². The number of Topliss-reactive ketones (excluding diaryl/α,β-unsaturated/α-hetero) is 1. The predicted molar refractivity (Wildman–Crippen MR) is 61.2 cm³/mol. The van der Waals surface area contributed by atoms with Crippen molar-refractivity contribution >= 4 is 5.78 Å². The molecule has 2 heteroatoms. The van der Waals surface area contributed by atoms with Crippen molar-refractivity contribution in [3.63, 3.8) is 0 Å². The zero-order valence-electron chi connectivity index (χ0n) is 9.32. The topological polar surface area (TPSA) is 37.3 Å². The number of allylic oxidation sites excluding steroid dienone is 1. The lowest BCUT2D eigenvalue weighted by Gasteiger charge is -2.06. The first-order valence-electron chi connectivity index (χ1n) is 5.02. The minimum atomic E-state index is -0.132. The third kappa shape index (κ3) is 2.69. The van der Waals surface area contributed by atoms with Gasteiger partial charge in [-0.15, -0.1) is 0 Å². The lowest BCUT2D eigenvalue weighted by Crippen LogP contribution is -2.01. The maximum atomic E-state index is 11.6. The van der Waals surface area contributed by atoms with Gasteiger partial charge in [-0.1, -0.05) is 38.1 Å². The Labute approximate surface area is 90.3 Å². The highest BCUT2D eigenvalue weighted by Crippen LogP contribution is 2.16. The quantitative estimate of drug-likeness (QED) is 0.465. The van der Waals surface area contributed by atoms with Crippen LogP contribution in [0.15, 0.2) is 36.1 Å². The van der Waals surface area contributed by atoms with Crippen LogP contribution in [0.1, 0.15) is 42.6 Å². The van der Waals surface area contributed by atoms with Crippen LogP contribution in [-0.2, 0) is 0 Å². The number of aliphatic hydroxyl groups is 1. The van der Waals surface area contributed by atoms with Gasteiger partial charge < -0.3 is 5.11 Å². The molecule has 1 rings (SSSR count). The molecule has 0 heterocycles. The predicted octanol–water partition coefficient (Wildman–Crippen LogP) is 3.45. The van der Waals surface area contributed by atoms with Gasteiger partial charge in [-0.05, 0) is 18.4 Å². The van der Waals surface area contributed by atoms with E-state index in [2.05, 4.69) is 13.8 Å². The summed E-state index contributed by atoms with van der Waals surface area (Å²) in [4.78, 5) is 11.6. The highest BCUT2D eigenvalue weighted by Gasteiger charge is 2.08. The summed E-state index contributed by atoms with van der Waals surface area (Å²) in [7, 11) is 0. The van der Waals surface area contributed by atoms with E-state index in [1.807, 2.05) is 12.1 Å². The van der Waals surface area contributed by atoms with Gasteiger partial charge in [-0.3, -0.25) is 4.79 Å². The number of hydrogen-bond donors (Lipinski definition) is 1. The number of hydrogen-bond acceptors (Lipinski definition) is 2. The molecule has 0 fully saturated rings. The molecule has 0 unspecified atom stereocenters. The molecule has 1 aromatic carbocycles. The molecule has 0 aliphatic carbocycles. The highest BCUT2D eigenvalue weighted by atomic mass is 16.2. The Bertz CT molecular complexity index is 372. The van der Waals surface area contributed by atoms with Crippen LogP contribution >= 0.6 is 0 Å². The Morgan fingerprint density at radius 3 is 2.20 bits per heavy atom. The van der Waals surface area contributed by atoms with Crippen molar-refractivity contribution in [2.24, 2.45) is 0 Å². The van der Waals surface area contributed by atoms with Gasteiger partial charge in [0.2, 0.25) is 0 Å². The molecule has 0 aromatic heterocycles. The molecule has 2 nitrogen and oxygen atoms in total. The summed E-state index contributed by atoms with van der Waals surface area (Å²) in [5.41, 5.74) is 2.17. The van der Waals surface area contributed by atoms with E-state index in [1.54, 1.807) is 19.1 Å². The van der Waals surface area contributed by atoms with Gasteiger partial charge >= 0.3 is 0 Å². The number of ketones is 1. The first-order valence-corrected chi connectivity index (χ1v) is 5.02. The van der Waals surface area contributed by atoms with Crippen LogP contribution in [0.2, 0.25) is 0 Å². The smallest absolute Gasteiger partial charge is 0.191 e. The standard InChI is InChI=1S/C13H16O2/c1-9(2)11-4-6-12(7-5-11)13(15)10(3)8-14/h4-9,14H,1-3H3. The van der Waals surface area contributed by atoms with Crippen LogP contribution in [0.4, 0.5) is 0 Å². The Balaban J connectivity index is 2.94. The first-order chi connectivity index (χ1) is 7.06. The van der Waals surface area contributed by atoms with E-state index in [1.165, 1.54) is 5.56 Å². The van der Waals surface area contributed by atoms with Gasteiger partial charge in [0.05, 0.1) is 6.26 Å². The number of aliphatic hydroxyl groups excluding tert-OH is 1. The molecule has 0 radical (unpaired) electrons. The summed E-state index contributed by atoms with van der Waals surface area (Å²) >= 11 is 0. The molecule has 0 saturated carbocycles. The van der Waals surface area contributed by atoms with E-state index in [9.17, 15) is 4.79 Å². The Morgan fingerprint density at radius 1 is 1.27 bits per heavy atom. The SMILES string of the molecule is CC(=CO)C(=O)c1ccc(C(C)C)cc1. The normalized spacial score (nSPS) is 11.9. The lowest BCUT2D eigenvalue weighted by atomic mass is 9.99. The molecule has 15 heavy (non-hydrogen) atoms. The molecule has 0 saturated heterocycles. The largest absolute Gasteiger partial charge is 0.515 e. The van der Waals surface area contributed by atoms with E-state index in [0.717, 1.165) is 6.26 Å². The summed E-state index contributed by atoms with van der Waals surface area (Å²) < 4.78 is 0. The van der Waals surface area contributed by atoms with Crippen LogP contribution in [0.5, 0.6) is 0 Å². The van der Waals surface area contributed by atoms with Gasteiger partial charge in [0.15, 0.2) is 5.78 Å². The van der Waals surface area contributed by atoms with E-state index in [4.69, 9.17) is 5.11 Å². The van der Waals surface area contributed by atoms with Crippen molar-refractivity contribution < 1.29 is 9.90 Å². The van der Waals surface area contributed by atoms with Crippen LogP contribution in [-0.4, -0.2) is 10.9 Å². The second kappa shape index (κ2) is 4.78. The molecule has 0 atom stereocenters. The number of carbonyl (C=O) groups excluding carboxylic acids is 1. The lowest BCUT2D eigenvalue weighted by molar-refractivity contribution is 0.103. The fourth-order valence-corrected chi connectivity index (χ4v) is 1.31. The molecule has 0 aliphatic heterocycles. The van der Waals surface area contributed by atoms with Crippen molar-refractivity contribution in [2.45, 2.75) is 26.7 Å². The summed E-state index contributed by atoms with van der Waals surface area (Å²) in [6, 6.07) is 7.49. The van der Waals surface area contributed by atoms with E-state index < -0.39 is 0 Å². The molecule has 0 aliphatic rings. The molecule has 1 N–H and O–H groups in total. The van der Waals surface area contributed by atoms with E-state index >= 15 is 0 Å². The molecule has 0 spiro atoms. The van der Waals surface area contributed by atoms with Crippen molar-refractivity contribution in [2.75, 3.05) is 0 Å². The average Bonchev–Trinajstić information content (AvgIpc) is 2.27. The van der Waals surface area contributed by atoms with Gasteiger partial charge in [0.1, 0.15) is 0 Å². The summed E-state index contributed by atoms with van der Waals surface area (Å²) in [5, 5.41) is 8.73. The van der Waals surface area contributed by atoms with Crippen LogP contribution in [0, 0.1) is 0 Å². The minimum absolute atomic E-state index is 0.132. The fraction of sp³-hybridized carbons (Fsp3) is 0.308. The first kappa shape index (κ1) is 11.5. The third-order valence-corrected chi connectivity index (χ3v) is 2.39. The maximum absolute atomic E-state index is 11.6. The van der Waals surface area contributed by atoms with Gasteiger partial charge in [-0.2, -0.15) is 0 Å². The van der Waals surface area contributed by atoms with Crippen molar-refractivity contribution in [1.82, 2.24) is 0 Å². The maximum Gasteiger partial charge on any atom is 0.191 e. The van der Waals surface area contributed by atoms with Crippen molar-refractivity contribution in [1.29, 1.82) is 0 Å².